The lowest BCUT2D eigenvalue weighted by atomic mass is 9.94. The summed E-state index contributed by atoms with van der Waals surface area (Å²) < 4.78 is 36.9. The Morgan fingerprint density at radius 3 is 2.65 bits per heavy atom. The van der Waals surface area contributed by atoms with Crippen LogP contribution in [-0.2, 0) is 11.0 Å². The van der Waals surface area contributed by atoms with Crippen LogP contribution in [0, 0.1) is 0 Å². The molecule has 0 fully saturated rings. The van der Waals surface area contributed by atoms with Crippen molar-refractivity contribution in [2.24, 2.45) is 0 Å². The quantitative estimate of drug-likeness (QED) is 0.817. The summed E-state index contributed by atoms with van der Waals surface area (Å²) >= 11 is 0. The lowest BCUT2D eigenvalue weighted by Gasteiger charge is -2.16. The number of nitrogens with one attached hydrogen (secondary N) is 1. The van der Waals surface area contributed by atoms with Gasteiger partial charge in [0.1, 0.15) is 5.69 Å². The van der Waals surface area contributed by atoms with E-state index in [1.54, 1.807) is 12.3 Å². The molecule has 0 radical (unpaired) electrons. The molecule has 1 atom stereocenters. The van der Waals surface area contributed by atoms with Crippen molar-refractivity contribution in [3.05, 3.63) is 41.9 Å². The largest absolute Gasteiger partial charge is 0.433 e. The summed E-state index contributed by atoms with van der Waals surface area (Å²) in [5, 5.41) is 2.74. The lowest BCUT2D eigenvalue weighted by Crippen LogP contribution is -2.27. The van der Waals surface area contributed by atoms with Crippen LogP contribution in [0.15, 0.2) is 30.6 Å². The van der Waals surface area contributed by atoms with E-state index in [1.807, 2.05) is 0 Å². The van der Waals surface area contributed by atoms with Gasteiger partial charge >= 0.3 is 6.18 Å². The van der Waals surface area contributed by atoms with Crippen LogP contribution in [0.5, 0.6) is 0 Å². The predicted molar refractivity (Wildman–Crippen MR) is 54.1 cm³/mol. The maximum absolute atomic E-state index is 12.3. The maximum atomic E-state index is 12.3. The van der Waals surface area contributed by atoms with E-state index < -0.39 is 17.8 Å². The molecule has 2 rings (SSSR count). The molecule has 0 amide bonds. The van der Waals surface area contributed by atoms with E-state index in [9.17, 15) is 18.0 Å². The van der Waals surface area contributed by atoms with E-state index in [1.165, 1.54) is 6.07 Å². The second kappa shape index (κ2) is 4.20. The minimum Gasteiger partial charge on any atom is -0.384 e. The Morgan fingerprint density at radius 1 is 1.35 bits per heavy atom. The molecule has 0 bridgehead atoms. The van der Waals surface area contributed by atoms with Crippen molar-refractivity contribution in [2.45, 2.75) is 12.1 Å². The molecule has 1 unspecified atom stereocenters. The summed E-state index contributed by atoms with van der Waals surface area (Å²) in [5.41, 5.74) is -0.479. The molecule has 0 saturated carbocycles. The summed E-state index contributed by atoms with van der Waals surface area (Å²) in [6.07, 6.45) is -0.132. The molecule has 1 N–H and O–H groups in total. The van der Waals surface area contributed by atoms with E-state index >= 15 is 0 Å². The Morgan fingerprint density at radius 2 is 2.12 bits per heavy atom. The van der Waals surface area contributed by atoms with Gasteiger partial charge < -0.3 is 5.32 Å². The maximum Gasteiger partial charge on any atom is 0.433 e. The first-order chi connectivity index (χ1) is 7.98. The van der Waals surface area contributed by atoms with E-state index in [0.717, 1.165) is 12.3 Å². The van der Waals surface area contributed by atoms with Crippen LogP contribution in [0.4, 0.5) is 13.2 Å². The molecule has 1 aliphatic rings. The Bertz CT molecular complexity index is 451. The lowest BCUT2D eigenvalue weighted by molar-refractivity contribution is -0.141. The molecule has 2 heterocycles. The van der Waals surface area contributed by atoms with Gasteiger partial charge in [-0.1, -0.05) is 12.1 Å². The standard InChI is InChI=1S/C11H9F3N2O/c12-11(13,14)10-2-1-7(5-16-10)8-3-4-15-6-9(8)17/h1-5,8,15H,6H2. The zero-order valence-electron chi connectivity index (χ0n) is 8.66. The number of hydrogen-bond donors (Lipinski definition) is 1. The van der Waals surface area contributed by atoms with Crippen molar-refractivity contribution in [1.29, 1.82) is 0 Å². The number of halogens is 3. The molecule has 0 spiro atoms. The highest BCUT2D eigenvalue weighted by molar-refractivity contribution is 5.90. The summed E-state index contributed by atoms with van der Waals surface area (Å²) in [6.45, 7) is 0.183. The zero-order chi connectivity index (χ0) is 12.5. The van der Waals surface area contributed by atoms with Crippen LogP contribution >= 0.6 is 0 Å². The Labute approximate surface area is 95.4 Å². The van der Waals surface area contributed by atoms with Crippen molar-refractivity contribution in [3.8, 4) is 0 Å². The minimum absolute atomic E-state index is 0.0888. The number of aromatic nitrogens is 1. The Hall–Kier alpha value is -1.85. The number of Topliss-reactive ketones (excluding diaryl/α,β-unsaturated/α-hetero) is 1. The number of allylic oxidation sites excluding steroid dienone is 1. The number of carbonyl (C=O) groups is 1. The first-order valence-electron chi connectivity index (χ1n) is 4.94. The van der Waals surface area contributed by atoms with Crippen LogP contribution < -0.4 is 5.32 Å². The molecule has 0 aliphatic carbocycles. The number of alkyl halides is 3. The summed E-state index contributed by atoms with van der Waals surface area (Å²) in [6, 6.07) is 2.17. The fraction of sp³-hybridized carbons (Fsp3) is 0.273. The average Bonchev–Trinajstić information content (AvgIpc) is 2.29. The van der Waals surface area contributed by atoms with Gasteiger partial charge in [-0.15, -0.1) is 0 Å². The smallest absolute Gasteiger partial charge is 0.384 e. The molecular weight excluding hydrogens is 233 g/mol. The number of pyridine rings is 1. The van der Waals surface area contributed by atoms with Gasteiger partial charge in [-0.25, -0.2) is 0 Å². The highest BCUT2D eigenvalue weighted by Crippen LogP contribution is 2.28. The second-order valence-electron chi connectivity index (χ2n) is 3.66. The normalized spacial score (nSPS) is 20.2. The SMILES string of the molecule is O=C1CNC=CC1c1ccc(C(F)(F)F)nc1. The first-order valence-corrected chi connectivity index (χ1v) is 4.94. The van der Waals surface area contributed by atoms with Crippen molar-refractivity contribution >= 4 is 5.78 Å². The van der Waals surface area contributed by atoms with Crippen LogP contribution in [0.2, 0.25) is 0 Å². The number of nitrogens with zero attached hydrogens (tertiary/aromatic N) is 1. The number of hydrogen-bond acceptors (Lipinski definition) is 3. The summed E-state index contributed by atoms with van der Waals surface area (Å²) in [7, 11) is 0. The van der Waals surface area contributed by atoms with Crippen LogP contribution in [0.3, 0.4) is 0 Å². The fourth-order valence-electron chi connectivity index (χ4n) is 1.60. The third-order valence-electron chi connectivity index (χ3n) is 2.47. The topological polar surface area (TPSA) is 42.0 Å². The van der Waals surface area contributed by atoms with Crippen molar-refractivity contribution < 1.29 is 18.0 Å². The second-order valence-corrected chi connectivity index (χ2v) is 3.66. The van der Waals surface area contributed by atoms with Crippen LogP contribution in [-0.4, -0.2) is 17.3 Å². The van der Waals surface area contributed by atoms with Crippen molar-refractivity contribution in [2.75, 3.05) is 6.54 Å². The minimum atomic E-state index is -4.45. The van der Waals surface area contributed by atoms with Crippen LogP contribution in [0.25, 0.3) is 0 Å². The highest BCUT2D eigenvalue weighted by Gasteiger charge is 2.32. The molecule has 3 nitrogen and oxygen atoms in total. The van der Waals surface area contributed by atoms with Gasteiger partial charge in [-0.05, 0) is 17.8 Å². The third kappa shape index (κ3) is 2.46. The zero-order valence-corrected chi connectivity index (χ0v) is 8.66. The van der Waals surface area contributed by atoms with Gasteiger partial charge in [0.25, 0.3) is 0 Å². The van der Waals surface area contributed by atoms with Crippen molar-refractivity contribution in [3.63, 3.8) is 0 Å². The predicted octanol–water partition coefficient (Wildman–Crippen LogP) is 1.87. The number of rotatable bonds is 1. The molecule has 17 heavy (non-hydrogen) atoms. The molecule has 6 heteroatoms. The molecule has 1 aromatic heterocycles. The van der Waals surface area contributed by atoms with E-state index in [-0.39, 0.29) is 12.3 Å². The Kier molecular flexibility index (Phi) is 2.87. The van der Waals surface area contributed by atoms with Crippen LogP contribution in [0.1, 0.15) is 17.2 Å². The van der Waals surface area contributed by atoms with E-state index in [0.29, 0.717) is 5.56 Å². The first kappa shape index (κ1) is 11.6. The van der Waals surface area contributed by atoms with Gasteiger partial charge in [0, 0.05) is 6.20 Å². The summed E-state index contributed by atoms with van der Waals surface area (Å²) in [4.78, 5) is 14.8. The van der Waals surface area contributed by atoms with Crippen molar-refractivity contribution in [1.82, 2.24) is 10.3 Å². The fourth-order valence-corrected chi connectivity index (χ4v) is 1.60. The van der Waals surface area contributed by atoms with Gasteiger partial charge in [0.05, 0.1) is 12.5 Å². The molecule has 0 aromatic carbocycles. The molecular formula is C11H9F3N2O. The third-order valence-corrected chi connectivity index (χ3v) is 2.47. The van der Waals surface area contributed by atoms with Gasteiger partial charge in [0.2, 0.25) is 0 Å². The summed E-state index contributed by atoms with van der Waals surface area (Å²) in [5.74, 6) is -0.597. The van der Waals surface area contributed by atoms with Gasteiger partial charge in [0.15, 0.2) is 5.78 Å². The molecule has 0 saturated heterocycles. The Balaban J connectivity index is 2.26. The molecule has 90 valence electrons. The number of carbonyl (C=O) groups excluding carboxylic acids is 1. The highest BCUT2D eigenvalue weighted by atomic mass is 19.4. The average molecular weight is 242 g/mol. The van der Waals surface area contributed by atoms with Gasteiger partial charge in [-0.2, -0.15) is 13.2 Å². The van der Waals surface area contributed by atoms with E-state index in [4.69, 9.17) is 0 Å². The van der Waals surface area contributed by atoms with Gasteiger partial charge in [-0.3, -0.25) is 9.78 Å². The molecule has 1 aliphatic heterocycles. The van der Waals surface area contributed by atoms with E-state index in [2.05, 4.69) is 10.3 Å². The monoisotopic (exact) mass is 242 g/mol. The number of ketones is 1. The molecule has 1 aromatic rings.